The van der Waals surface area contributed by atoms with Crippen LogP contribution in [0.15, 0.2) is 43.1 Å². The molecule has 0 spiro atoms. The van der Waals surface area contributed by atoms with E-state index in [1.54, 1.807) is 12.5 Å². The van der Waals surface area contributed by atoms with Crippen molar-refractivity contribution in [1.29, 1.82) is 0 Å². The molecule has 1 saturated carbocycles. The lowest BCUT2D eigenvalue weighted by Crippen LogP contribution is -2.37. The molecule has 4 rings (SSSR count). The highest BCUT2D eigenvalue weighted by Crippen LogP contribution is 2.20. The average molecular weight is 390 g/mol. The van der Waals surface area contributed by atoms with Crippen molar-refractivity contribution < 1.29 is 13.6 Å². The SMILES string of the molecule is NCC(F)F.O=C(NC1CCCCC1)c1nc(-n2ccnc2)c2ccccn12. The van der Waals surface area contributed by atoms with Crippen molar-refractivity contribution in [3.63, 3.8) is 0 Å². The molecule has 7 nitrogen and oxygen atoms in total. The molecule has 28 heavy (non-hydrogen) atoms. The van der Waals surface area contributed by atoms with Crippen LogP contribution in [0, 0.1) is 0 Å². The number of fused-ring (bicyclic) bond motifs is 1. The zero-order valence-corrected chi connectivity index (χ0v) is 15.5. The van der Waals surface area contributed by atoms with Gasteiger partial charge in [0, 0.05) is 24.6 Å². The Labute approximate surface area is 161 Å². The van der Waals surface area contributed by atoms with E-state index in [-0.39, 0.29) is 11.9 Å². The van der Waals surface area contributed by atoms with E-state index in [4.69, 9.17) is 0 Å². The van der Waals surface area contributed by atoms with Crippen molar-refractivity contribution in [3.8, 4) is 5.82 Å². The number of pyridine rings is 1. The van der Waals surface area contributed by atoms with Crippen LogP contribution in [0.5, 0.6) is 0 Å². The zero-order chi connectivity index (χ0) is 19.9. The number of imidazole rings is 2. The summed E-state index contributed by atoms with van der Waals surface area (Å²) in [7, 11) is 0. The van der Waals surface area contributed by atoms with Gasteiger partial charge < -0.3 is 11.1 Å². The Kier molecular flexibility index (Phi) is 6.70. The Morgan fingerprint density at radius 3 is 2.64 bits per heavy atom. The van der Waals surface area contributed by atoms with Crippen LogP contribution in [0.2, 0.25) is 0 Å². The first-order valence-electron chi connectivity index (χ1n) is 9.34. The Morgan fingerprint density at radius 2 is 2.00 bits per heavy atom. The van der Waals surface area contributed by atoms with Crippen LogP contribution in [0.25, 0.3) is 11.3 Å². The number of aromatic nitrogens is 4. The lowest BCUT2D eigenvalue weighted by Gasteiger charge is -2.22. The number of nitrogens with two attached hydrogens (primary N) is 1. The fourth-order valence-corrected chi connectivity index (χ4v) is 3.25. The van der Waals surface area contributed by atoms with Gasteiger partial charge in [0.1, 0.15) is 6.33 Å². The van der Waals surface area contributed by atoms with E-state index in [1.807, 2.05) is 39.6 Å². The van der Waals surface area contributed by atoms with Gasteiger partial charge in [-0.3, -0.25) is 13.8 Å². The van der Waals surface area contributed by atoms with Gasteiger partial charge in [-0.1, -0.05) is 25.3 Å². The average Bonchev–Trinajstić information content (AvgIpc) is 3.37. The van der Waals surface area contributed by atoms with Gasteiger partial charge in [0.05, 0.1) is 12.1 Å². The molecule has 3 N–H and O–H groups in total. The van der Waals surface area contributed by atoms with Gasteiger partial charge >= 0.3 is 0 Å². The van der Waals surface area contributed by atoms with Crippen LogP contribution in [-0.2, 0) is 0 Å². The Bertz CT molecular complexity index is 887. The molecule has 0 aromatic carbocycles. The minimum absolute atomic E-state index is 0.107. The number of halogens is 2. The second-order valence-corrected chi connectivity index (χ2v) is 6.62. The van der Waals surface area contributed by atoms with Crippen LogP contribution in [0.1, 0.15) is 42.7 Å². The monoisotopic (exact) mass is 390 g/mol. The van der Waals surface area contributed by atoms with E-state index in [2.05, 4.69) is 21.0 Å². The number of nitrogens with one attached hydrogen (secondary N) is 1. The molecule has 0 bridgehead atoms. The van der Waals surface area contributed by atoms with Crippen molar-refractivity contribution in [3.05, 3.63) is 48.9 Å². The summed E-state index contributed by atoms with van der Waals surface area (Å²) >= 11 is 0. The van der Waals surface area contributed by atoms with Gasteiger partial charge in [-0.05, 0) is 25.0 Å². The Hall–Kier alpha value is -2.81. The smallest absolute Gasteiger partial charge is 0.287 e. The molecule has 3 heterocycles. The summed E-state index contributed by atoms with van der Waals surface area (Å²) in [5.74, 6) is 1.04. The number of carbonyl (C=O) groups excluding carboxylic acids is 1. The van der Waals surface area contributed by atoms with Gasteiger partial charge in [-0.2, -0.15) is 0 Å². The molecule has 0 saturated heterocycles. The van der Waals surface area contributed by atoms with Gasteiger partial charge in [0.2, 0.25) is 5.82 Å². The summed E-state index contributed by atoms with van der Waals surface area (Å²) in [6, 6.07) is 6.08. The van der Waals surface area contributed by atoms with Crippen molar-refractivity contribution >= 4 is 11.4 Å². The minimum Gasteiger partial charge on any atom is -0.347 e. The summed E-state index contributed by atoms with van der Waals surface area (Å²) in [6.07, 6.45) is 10.5. The first-order chi connectivity index (χ1) is 13.6. The summed E-state index contributed by atoms with van der Waals surface area (Å²) < 4.78 is 24.9. The highest BCUT2D eigenvalue weighted by molar-refractivity contribution is 5.93. The second kappa shape index (κ2) is 9.41. The highest BCUT2D eigenvalue weighted by Gasteiger charge is 2.21. The molecule has 0 unspecified atom stereocenters. The maximum Gasteiger partial charge on any atom is 0.287 e. The lowest BCUT2D eigenvalue weighted by atomic mass is 9.95. The molecule has 0 atom stereocenters. The molecule has 0 aliphatic heterocycles. The quantitative estimate of drug-likeness (QED) is 0.717. The molecule has 0 radical (unpaired) electrons. The molecule has 3 aromatic rings. The van der Waals surface area contributed by atoms with E-state index in [0.29, 0.717) is 5.82 Å². The zero-order valence-electron chi connectivity index (χ0n) is 15.5. The third-order valence-corrected chi connectivity index (χ3v) is 4.60. The Morgan fingerprint density at radius 1 is 1.25 bits per heavy atom. The largest absolute Gasteiger partial charge is 0.347 e. The maximum absolute atomic E-state index is 12.7. The molecule has 150 valence electrons. The topological polar surface area (TPSA) is 90.2 Å². The third-order valence-electron chi connectivity index (χ3n) is 4.60. The fraction of sp³-hybridized carbons (Fsp3) is 0.421. The van der Waals surface area contributed by atoms with Crippen molar-refractivity contribution in [2.75, 3.05) is 6.54 Å². The first-order valence-corrected chi connectivity index (χ1v) is 9.34. The molecule has 1 fully saturated rings. The van der Waals surface area contributed by atoms with E-state index in [0.717, 1.165) is 24.2 Å². The van der Waals surface area contributed by atoms with Crippen LogP contribution in [0.4, 0.5) is 8.78 Å². The third kappa shape index (κ3) is 4.72. The van der Waals surface area contributed by atoms with Crippen molar-refractivity contribution in [1.82, 2.24) is 24.3 Å². The van der Waals surface area contributed by atoms with Gasteiger partial charge in [0.25, 0.3) is 12.3 Å². The summed E-state index contributed by atoms with van der Waals surface area (Å²) in [5.41, 5.74) is 5.31. The normalized spacial score (nSPS) is 14.7. The number of nitrogens with zero attached hydrogens (tertiary/aromatic N) is 4. The van der Waals surface area contributed by atoms with Crippen molar-refractivity contribution in [2.24, 2.45) is 5.73 Å². The summed E-state index contributed by atoms with van der Waals surface area (Å²) in [4.78, 5) is 21.3. The van der Waals surface area contributed by atoms with Crippen LogP contribution < -0.4 is 11.1 Å². The number of hydrogen-bond donors (Lipinski definition) is 2. The molecule has 3 aromatic heterocycles. The van der Waals surface area contributed by atoms with Crippen LogP contribution >= 0.6 is 0 Å². The summed E-state index contributed by atoms with van der Waals surface area (Å²) in [6.45, 7) is -0.528. The molecule has 9 heteroatoms. The van der Waals surface area contributed by atoms with E-state index in [9.17, 15) is 13.6 Å². The van der Waals surface area contributed by atoms with Crippen molar-refractivity contribution in [2.45, 2.75) is 44.6 Å². The highest BCUT2D eigenvalue weighted by atomic mass is 19.3. The van der Waals surface area contributed by atoms with Gasteiger partial charge in [-0.15, -0.1) is 0 Å². The van der Waals surface area contributed by atoms with Gasteiger partial charge in [-0.25, -0.2) is 18.7 Å². The predicted octanol–water partition coefficient (Wildman–Crippen LogP) is 2.79. The first kappa shape index (κ1) is 19.9. The second-order valence-electron chi connectivity index (χ2n) is 6.62. The molecular formula is C19H24F2N6O. The number of hydrogen-bond acceptors (Lipinski definition) is 4. The Balaban J connectivity index is 0.000000403. The molecule has 1 aliphatic rings. The summed E-state index contributed by atoms with van der Waals surface area (Å²) in [5, 5.41) is 3.14. The standard InChI is InChI=1S/C17H19N5O.C2H5F2N/c23-17(19-13-6-2-1-3-7-13)16-20-15(21-11-9-18-12-21)14-8-4-5-10-22(14)16;3-2(4)1-5/h4-5,8-13H,1-3,6-7H2,(H,19,23);2H,1,5H2. The number of alkyl halides is 2. The predicted molar refractivity (Wildman–Crippen MR) is 102 cm³/mol. The molecule has 1 aliphatic carbocycles. The van der Waals surface area contributed by atoms with E-state index in [1.165, 1.54) is 19.3 Å². The minimum atomic E-state index is -2.34. The number of rotatable bonds is 4. The number of amides is 1. The van der Waals surface area contributed by atoms with Gasteiger partial charge in [0.15, 0.2) is 5.82 Å². The molecular weight excluding hydrogens is 366 g/mol. The fourth-order valence-electron chi connectivity index (χ4n) is 3.25. The van der Waals surface area contributed by atoms with E-state index >= 15 is 0 Å². The van der Waals surface area contributed by atoms with Crippen LogP contribution in [0.3, 0.4) is 0 Å². The van der Waals surface area contributed by atoms with E-state index < -0.39 is 13.0 Å². The van der Waals surface area contributed by atoms with Crippen LogP contribution in [-0.4, -0.2) is 43.9 Å². The maximum atomic E-state index is 12.7. The lowest BCUT2D eigenvalue weighted by molar-refractivity contribution is 0.0916. The number of carbonyl (C=O) groups is 1. The molecule has 1 amide bonds.